The fraction of sp³-hybridized carbons (Fsp3) is 0.167. The number of thiazole rings is 1. The molecule has 0 saturated heterocycles. The summed E-state index contributed by atoms with van der Waals surface area (Å²) in [5.74, 6) is -0.279. The molecule has 0 bridgehead atoms. The van der Waals surface area contributed by atoms with E-state index in [4.69, 9.17) is 0 Å². The fourth-order valence-corrected chi connectivity index (χ4v) is 3.11. The van der Waals surface area contributed by atoms with Crippen LogP contribution in [0.25, 0.3) is 11.3 Å². The highest BCUT2D eigenvalue weighted by molar-refractivity contribution is 7.09. The minimum Gasteiger partial charge on any atom is -0.346 e. The Labute approximate surface area is 144 Å². The van der Waals surface area contributed by atoms with Crippen molar-refractivity contribution in [2.24, 2.45) is 7.05 Å². The van der Waals surface area contributed by atoms with Crippen molar-refractivity contribution in [2.45, 2.75) is 13.5 Å². The molecule has 0 fully saturated rings. The zero-order valence-electron chi connectivity index (χ0n) is 13.4. The average Bonchev–Trinajstić information content (AvgIpc) is 3.20. The van der Waals surface area contributed by atoms with Crippen LogP contribution in [0.3, 0.4) is 0 Å². The predicted molar refractivity (Wildman–Crippen MR) is 94.1 cm³/mol. The molecule has 2 heterocycles. The largest absolute Gasteiger partial charge is 0.346 e. The average molecular weight is 339 g/mol. The lowest BCUT2D eigenvalue weighted by molar-refractivity contribution is 0.0942. The number of aryl methyl sites for hydroxylation is 1. The summed E-state index contributed by atoms with van der Waals surface area (Å²) >= 11 is 1.51. The summed E-state index contributed by atoms with van der Waals surface area (Å²) in [4.78, 5) is 28.2. The summed E-state index contributed by atoms with van der Waals surface area (Å²) in [6.45, 7) is 1.84. The maximum atomic E-state index is 12.3. The maximum absolute atomic E-state index is 12.3. The van der Waals surface area contributed by atoms with Crippen LogP contribution < -0.4 is 5.32 Å². The Balaban J connectivity index is 1.67. The van der Waals surface area contributed by atoms with Crippen molar-refractivity contribution in [3.63, 3.8) is 0 Å². The molecule has 122 valence electrons. The van der Waals surface area contributed by atoms with Crippen LogP contribution in [-0.4, -0.2) is 21.2 Å². The number of rotatable bonds is 5. The van der Waals surface area contributed by atoms with E-state index in [0.717, 1.165) is 16.3 Å². The number of aromatic nitrogens is 2. The van der Waals surface area contributed by atoms with E-state index in [0.29, 0.717) is 17.8 Å². The van der Waals surface area contributed by atoms with Crippen molar-refractivity contribution in [1.82, 2.24) is 14.9 Å². The number of benzene rings is 1. The van der Waals surface area contributed by atoms with E-state index >= 15 is 0 Å². The zero-order valence-corrected chi connectivity index (χ0v) is 14.3. The van der Waals surface area contributed by atoms with Crippen molar-refractivity contribution >= 4 is 23.0 Å². The van der Waals surface area contributed by atoms with Gasteiger partial charge in [0.05, 0.1) is 12.2 Å². The molecule has 24 heavy (non-hydrogen) atoms. The smallest absolute Gasteiger partial charge is 0.268 e. The summed E-state index contributed by atoms with van der Waals surface area (Å²) in [5.41, 5.74) is 2.95. The second-order valence-electron chi connectivity index (χ2n) is 5.46. The monoisotopic (exact) mass is 339 g/mol. The lowest BCUT2D eigenvalue weighted by atomic mass is 10.2. The number of nitrogens with one attached hydrogen (secondary N) is 1. The first-order valence-corrected chi connectivity index (χ1v) is 8.38. The van der Waals surface area contributed by atoms with Gasteiger partial charge in [-0.3, -0.25) is 9.59 Å². The molecule has 0 aliphatic heterocycles. The van der Waals surface area contributed by atoms with Crippen LogP contribution in [0, 0.1) is 0 Å². The summed E-state index contributed by atoms with van der Waals surface area (Å²) in [6.07, 6.45) is 1.66. The van der Waals surface area contributed by atoms with Gasteiger partial charge in [-0.2, -0.15) is 0 Å². The number of carbonyl (C=O) groups excluding carboxylic acids is 2. The topological polar surface area (TPSA) is 64.0 Å². The highest BCUT2D eigenvalue weighted by atomic mass is 32.1. The first-order valence-electron chi connectivity index (χ1n) is 7.50. The van der Waals surface area contributed by atoms with Crippen LogP contribution in [0.5, 0.6) is 0 Å². The van der Waals surface area contributed by atoms with Gasteiger partial charge in [0.1, 0.15) is 10.7 Å². The molecule has 0 spiro atoms. The van der Waals surface area contributed by atoms with Crippen molar-refractivity contribution in [2.75, 3.05) is 0 Å². The number of ketones is 1. The molecule has 1 aromatic carbocycles. The molecule has 2 aromatic heterocycles. The quantitative estimate of drug-likeness (QED) is 0.726. The highest BCUT2D eigenvalue weighted by Gasteiger charge is 2.14. The number of carbonyl (C=O) groups is 2. The van der Waals surface area contributed by atoms with E-state index in [1.165, 1.54) is 18.3 Å². The zero-order chi connectivity index (χ0) is 17.1. The molecule has 6 heteroatoms. The van der Waals surface area contributed by atoms with E-state index < -0.39 is 0 Å². The minimum atomic E-state index is -0.221. The van der Waals surface area contributed by atoms with Gasteiger partial charge in [-0.25, -0.2) is 4.98 Å². The summed E-state index contributed by atoms with van der Waals surface area (Å²) in [7, 11) is 1.75. The number of hydrogen-bond donors (Lipinski definition) is 1. The Morgan fingerprint density at radius 2 is 2.00 bits per heavy atom. The van der Waals surface area contributed by atoms with Crippen LogP contribution in [0.2, 0.25) is 0 Å². The Bertz CT molecular complexity index is 881. The standard InChI is InChI=1S/C18H17N3O2S/c1-12(22)14-8-16(21(2)10-14)18(23)19-9-17-20-15(11-24-17)13-6-4-3-5-7-13/h3-8,10-11H,9H2,1-2H3,(H,19,23). The van der Waals surface area contributed by atoms with Crippen molar-refractivity contribution in [3.05, 3.63) is 64.2 Å². The molecule has 0 aliphatic carbocycles. The molecule has 0 saturated carbocycles. The number of Topliss-reactive ketones (excluding diaryl/α,β-unsaturated/α-hetero) is 1. The van der Waals surface area contributed by atoms with Crippen LogP contribution in [-0.2, 0) is 13.6 Å². The molecular weight excluding hydrogens is 322 g/mol. The minimum absolute atomic E-state index is 0.0583. The second-order valence-corrected chi connectivity index (χ2v) is 6.40. The highest BCUT2D eigenvalue weighted by Crippen LogP contribution is 2.21. The number of nitrogens with zero attached hydrogens (tertiary/aromatic N) is 2. The van der Waals surface area contributed by atoms with Gasteiger partial charge in [0.25, 0.3) is 5.91 Å². The van der Waals surface area contributed by atoms with Gasteiger partial charge in [0.2, 0.25) is 0 Å². The Hall–Kier alpha value is -2.73. The second kappa shape index (κ2) is 6.80. The van der Waals surface area contributed by atoms with Crippen LogP contribution in [0.1, 0.15) is 32.8 Å². The summed E-state index contributed by atoms with van der Waals surface area (Å²) < 4.78 is 1.66. The van der Waals surface area contributed by atoms with Crippen LogP contribution >= 0.6 is 11.3 Å². The van der Waals surface area contributed by atoms with Gasteiger partial charge in [-0.1, -0.05) is 30.3 Å². The fourth-order valence-electron chi connectivity index (χ4n) is 2.36. The third-order valence-corrected chi connectivity index (χ3v) is 4.51. The van der Waals surface area contributed by atoms with E-state index in [-0.39, 0.29) is 11.7 Å². The van der Waals surface area contributed by atoms with E-state index in [9.17, 15) is 9.59 Å². The van der Waals surface area contributed by atoms with Gasteiger partial charge in [0.15, 0.2) is 5.78 Å². The molecule has 1 N–H and O–H groups in total. The van der Waals surface area contributed by atoms with Gasteiger partial charge in [0, 0.05) is 29.8 Å². The van der Waals surface area contributed by atoms with Gasteiger partial charge in [-0.15, -0.1) is 11.3 Å². The van der Waals surface area contributed by atoms with Gasteiger partial charge >= 0.3 is 0 Å². The lowest BCUT2D eigenvalue weighted by Gasteiger charge is -2.04. The van der Waals surface area contributed by atoms with E-state index in [2.05, 4.69) is 10.3 Å². The molecule has 3 rings (SSSR count). The third-order valence-electron chi connectivity index (χ3n) is 3.67. The number of amides is 1. The molecule has 0 unspecified atom stereocenters. The Morgan fingerprint density at radius 1 is 1.25 bits per heavy atom. The molecule has 0 aliphatic rings. The normalized spacial score (nSPS) is 10.6. The van der Waals surface area contributed by atoms with Crippen molar-refractivity contribution in [3.8, 4) is 11.3 Å². The third kappa shape index (κ3) is 3.44. The number of hydrogen-bond acceptors (Lipinski definition) is 4. The summed E-state index contributed by atoms with van der Waals surface area (Å²) in [5, 5.41) is 5.67. The predicted octanol–water partition coefficient (Wildman–Crippen LogP) is 3.28. The first-order chi connectivity index (χ1) is 11.5. The van der Waals surface area contributed by atoms with E-state index in [1.54, 1.807) is 23.9 Å². The van der Waals surface area contributed by atoms with Crippen LogP contribution in [0.15, 0.2) is 48.0 Å². The van der Waals surface area contributed by atoms with Crippen molar-refractivity contribution in [1.29, 1.82) is 0 Å². The molecule has 0 atom stereocenters. The van der Waals surface area contributed by atoms with Gasteiger partial charge < -0.3 is 9.88 Å². The van der Waals surface area contributed by atoms with E-state index in [1.807, 2.05) is 35.7 Å². The van der Waals surface area contributed by atoms with Gasteiger partial charge in [-0.05, 0) is 13.0 Å². The first kappa shape index (κ1) is 16.1. The van der Waals surface area contributed by atoms with Crippen molar-refractivity contribution < 1.29 is 9.59 Å². The lowest BCUT2D eigenvalue weighted by Crippen LogP contribution is -2.24. The molecule has 5 nitrogen and oxygen atoms in total. The molecular formula is C18H17N3O2S. The Kier molecular flexibility index (Phi) is 4.57. The Morgan fingerprint density at radius 3 is 2.67 bits per heavy atom. The summed E-state index contributed by atoms with van der Waals surface area (Å²) in [6, 6.07) is 11.5. The SMILES string of the molecule is CC(=O)c1cc(C(=O)NCc2nc(-c3ccccc3)cs2)n(C)c1. The maximum Gasteiger partial charge on any atom is 0.268 e. The molecule has 1 amide bonds. The molecule has 0 radical (unpaired) electrons. The molecule has 3 aromatic rings. The van der Waals surface area contributed by atoms with Crippen LogP contribution in [0.4, 0.5) is 0 Å².